The predicted octanol–water partition coefficient (Wildman–Crippen LogP) is 3.32. The number of piperidine rings is 1. The first-order chi connectivity index (χ1) is 10.7. The normalized spacial score (nSPS) is 23.4. The molecule has 22 heavy (non-hydrogen) atoms. The number of hydrogen-bond acceptors (Lipinski definition) is 3. The molecule has 2 fully saturated rings. The Hall–Kier alpha value is -1.06. The summed E-state index contributed by atoms with van der Waals surface area (Å²) in [5.74, 6) is 1.03. The van der Waals surface area contributed by atoms with Crippen LogP contribution in [0.25, 0.3) is 0 Å². The molecule has 1 saturated carbocycles. The number of hydrogen-bond donors (Lipinski definition) is 1. The molecular formula is C19H30N2O. The zero-order valence-electron chi connectivity index (χ0n) is 13.9. The Balaban J connectivity index is 1.71. The average Bonchev–Trinajstić information content (AvgIpc) is 2.58. The van der Waals surface area contributed by atoms with Crippen molar-refractivity contribution >= 4 is 0 Å². The van der Waals surface area contributed by atoms with Crippen LogP contribution in [0, 0.1) is 0 Å². The first-order valence-electron chi connectivity index (χ1n) is 8.88. The number of rotatable bonds is 4. The minimum absolute atomic E-state index is 0.185. The molecule has 1 saturated heterocycles. The van der Waals surface area contributed by atoms with Crippen LogP contribution < -0.4 is 10.5 Å². The van der Waals surface area contributed by atoms with Crippen molar-refractivity contribution in [3.8, 4) is 5.75 Å². The summed E-state index contributed by atoms with van der Waals surface area (Å²) in [7, 11) is 2.19. The average molecular weight is 302 g/mol. The van der Waals surface area contributed by atoms with Crippen LogP contribution in [-0.4, -0.2) is 37.7 Å². The first-order valence-corrected chi connectivity index (χ1v) is 8.88. The van der Waals surface area contributed by atoms with Crippen LogP contribution in [-0.2, 0) is 5.41 Å². The molecule has 0 bridgehead atoms. The van der Waals surface area contributed by atoms with Gasteiger partial charge < -0.3 is 15.4 Å². The van der Waals surface area contributed by atoms with Crippen LogP contribution in [0.5, 0.6) is 5.75 Å². The maximum absolute atomic E-state index is 6.26. The van der Waals surface area contributed by atoms with Gasteiger partial charge in [0.2, 0.25) is 0 Å². The molecule has 0 radical (unpaired) electrons. The van der Waals surface area contributed by atoms with E-state index in [-0.39, 0.29) is 5.41 Å². The molecule has 1 aliphatic carbocycles. The van der Waals surface area contributed by atoms with Crippen LogP contribution in [0.4, 0.5) is 0 Å². The van der Waals surface area contributed by atoms with E-state index < -0.39 is 0 Å². The van der Waals surface area contributed by atoms with Crippen LogP contribution >= 0.6 is 0 Å². The predicted molar refractivity (Wildman–Crippen MR) is 91.4 cm³/mol. The zero-order chi connectivity index (χ0) is 15.4. The smallest absolute Gasteiger partial charge is 0.120 e. The minimum Gasteiger partial charge on any atom is -0.490 e. The summed E-state index contributed by atoms with van der Waals surface area (Å²) in [6.07, 6.45) is 9.03. The molecule has 3 rings (SSSR count). The molecule has 0 amide bonds. The van der Waals surface area contributed by atoms with Gasteiger partial charge in [0.25, 0.3) is 0 Å². The lowest BCUT2D eigenvalue weighted by atomic mass is 9.69. The monoisotopic (exact) mass is 302 g/mol. The molecule has 1 aliphatic heterocycles. The second-order valence-corrected chi connectivity index (χ2v) is 7.19. The fourth-order valence-electron chi connectivity index (χ4n) is 4.03. The van der Waals surface area contributed by atoms with Crippen LogP contribution in [0.15, 0.2) is 24.3 Å². The molecule has 0 aromatic heterocycles. The van der Waals surface area contributed by atoms with Gasteiger partial charge in [-0.05, 0) is 50.4 Å². The van der Waals surface area contributed by atoms with Gasteiger partial charge in [-0.25, -0.2) is 0 Å². The Labute approximate surface area is 134 Å². The van der Waals surface area contributed by atoms with Crippen molar-refractivity contribution in [2.45, 2.75) is 56.5 Å². The molecular weight excluding hydrogens is 272 g/mol. The maximum atomic E-state index is 6.26. The summed E-state index contributed by atoms with van der Waals surface area (Å²) < 4.78 is 6.26. The largest absolute Gasteiger partial charge is 0.490 e. The van der Waals surface area contributed by atoms with E-state index in [1.165, 1.54) is 37.7 Å². The highest BCUT2D eigenvalue weighted by Gasteiger charge is 2.32. The van der Waals surface area contributed by atoms with Gasteiger partial charge in [-0.15, -0.1) is 0 Å². The number of likely N-dealkylation sites (tertiary alicyclic amines) is 1. The van der Waals surface area contributed by atoms with Gasteiger partial charge in [0.15, 0.2) is 0 Å². The van der Waals surface area contributed by atoms with Crippen LogP contribution in [0.3, 0.4) is 0 Å². The Kier molecular flexibility index (Phi) is 5.04. The molecule has 0 spiro atoms. The Morgan fingerprint density at radius 1 is 1.18 bits per heavy atom. The van der Waals surface area contributed by atoms with Crippen molar-refractivity contribution < 1.29 is 4.74 Å². The van der Waals surface area contributed by atoms with Gasteiger partial charge in [0.1, 0.15) is 11.9 Å². The van der Waals surface area contributed by atoms with Crippen molar-refractivity contribution in [2.75, 3.05) is 26.7 Å². The lowest BCUT2D eigenvalue weighted by Crippen LogP contribution is -2.37. The second kappa shape index (κ2) is 7.01. The van der Waals surface area contributed by atoms with E-state index in [2.05, 4.69) is 36.2 Å². The van der Waals surface area contributed by atoms with Crippen molar-refractivity contribution in [3.05, 3.63) is 29.8 Å². The number of ether oxygens (including phenoxy) is 1. The third kappa shape index (κ3) is 3.47. The van der Waals surface area contributed by atoms with E-state index in [0.29, 0.717) is 6.10 Å². The minimum atomic E-state index is 0.185. The van der Waals surface area contributed by atoms with Gasteiger partial charge >= 0.3 is 0 Å². The highest BCUT2D eigenvalue weighted by molar-refractivity contribution is 5.35. The molecule has 0 unspecified atom stereocenters. The zero-order valence-corrected chi connectivity index (χ0v) is 13.9. The molecule has 1 heterocycles. The fourth-order valence-corrected chi connectivity index (χ4v) is 4.03. The van der Waals surface area contributed by atoms with E-state index in [1.54, 1.807) is 0 Å². The Morgan fingerprint density at radius 3 is 2.59 bits per heavy atom. The maximum Gasteiger partial charge on any atom is 0.120 e. The van der Waals surface area contributed by atoms with E-state index in [4.69, 9.17) is 10.5 Å². The molecule has 2 N–H and O–H groups in total. The third-order valence-corrected chi connectivity index (χ3v) is 5.62. The molecule has 3 heteroatoms. The Morgan fingerprint density at radius 2 is 1.91 bits per heavy atom. The molecule has 1 aromatic rings. The van der Waals surface area contributed by atoms with Gasteiger partial charge in [0.05, 0.1) is 0 Å². The molecule has 2 aliphatic rings. The summed E-state index contributed by atoms with van der Waals surface area (Å²) in [6, 6.07) is 8.76. The lowest BCUT2D eigenvalue weighted by molar-refractivity contribution is 0.114. The highest BCUT2D eigenvalue weighted by atomic mass is 16.5. The van der Waals surface area contributed by atoms with Crippen molar-refractivity contribution in [2.24, 2.45) is 5.73 Å². The summed E-state index contributed by atoms with van der Waals surface area (Å²) in [4.78, 5) is 2.38. The first kappa shape index (κ1) is 15.8. The SMILES string of the molecule is CN1CCC(Oc2cccc(C3(CN)CCCCC3)c2)CC1. The molecule has 3 nitrogen and oxygen atoms in total. The molecule has 0 atom stereocenters. The summed E-state index contributed by atoms with van der Waals surface area (Å²) in [5.41, 5.74) is 7.75. The third-order valence-electron chi connectivity index (χ3n) is 5.62. The second-order valence-electron chi connectivity index (χ2n) is 7.19. The van der Waals surface area contributed by atoms with Crippen LogP contribution in [0.2, 0.25) is 0 Å². The number of nitrogens with zero attached hydrogens (tertiary/aromatic N) is 1. The fraction of sp³-hybridized carbons (Fsp3) is 0.684. The van der Waals surface area contributed by atoms with Crippen LogP contribution in [0.1, 0.15) is 50.5 Å². The van der Waals surface area contributed by atoms with Crippen molar-refractivity contribution in [1.82, 2.24) is 4.90 Å². The van der Waals surface area contributed by atoms with E-state index in [0.717, 1.165) is 38.2 Å². The number of nitrogens with two attached hydrogens (primary N) is 1. The standard InChI is InChI=1S/C19H30N2O/c1-21-12-8-17(9-13-21)22-18-7-5-6-16(14-18)19(15-20)10-3-2-4-11-19/h5-7,14,17H,2-4,8-13,15,20H2,1H3. The van der Waals surface area contributed by atoms with Gasteiger partial charge in [-0.1, -0.05) is 31.4 Å². The van der Waals surface area contributed by atoms with E-state index in [1.807, 2.05) is 0 Å². The topological polar surface area (TPSA) is 38.5 Å². The quantitative estimate of drug-likeness (QED) is 0.927. The van der Waals surface area contributed by atoms with E-state index in [9.17, 15) is 0 Å². The molecule has 122 valence electrons. The van der Waals surface area contributed by atoms with Gasteiger partial charge in [0, 0.05) is 25.0 Å². The highest BCUT2D eigenvalue weighted by Crippen LogP contribution is 2.39. The van der Waals surface area contributed by atoms with E-state index >= 15 is 0 Å². The summed E-state index contributed by atoms with van der Waals surface area (Å²) in [5, 5.41) is 0. The van der Waals surface area contributed by atoms with Gasteiger partial charge in [-0.2, -0.15) is 0 Å². The van der Waals surface area contributed by atoms with Gasteiger partial charge in [-0.3, -0.25) is 0 Å². The van der Waals surface area contributed by atoms with Crippen molar-refractivity contribution in [1.29, 1.82) is 0 Å². The number of benzene rings is 1. The van der Waals surface area contributed by atoms with Crippen molar-refractivity contribution in [3.63, 3.8) is 0 Å². The summed E-state index contributed by atoms with van der Waals surface area (Å²) in [6.45, 7) is 3.03. The summed E-state index contributed by atoms with van der Waals surface area (Å²) >= 11 is 0. The molecule has 1 aromatic carbocycles. The Bertz CT molecular complexity index is 474. The lowest BCUT2D eigenvalue weighted by Gasteiger charge is -2.37.